The third kappa shape index (κ3) is 3.01. The fraction of sp³-hybridized carbons (Fsp3) is 0.0833. The van der Waals surface area contributed by atoms with Crippen molar-refractivity contribution in [1.29, 1.82) is 0 Å². The van der Waals surface area contributed by atoms with Gasteiger partial charge in [-0.1, -0.05) is 18.7 Å². The first-order valence-electron chi connectivity index (χ1n) is 4.75. The average molecular weight is 233 g/mol. The van der Waals surface area contributed by atoms with Crippen LogP contribution in [-0.2, 0) is 9.53 Å². The molecule has 1 aliphatic heterocycles. The van der Waals surface area contributed by atoms with Gasteiger partial charge in [0.15, 0.2) is 0 Å². The van der Waals surface area contributed by atoms with Crippen molar-refractivity contribution in [2.45, 2.75) is 0 Å². The Morgan fingerprint density at radius 2 is 1.71 bits per heavy atom. The Kier molecular flexibility index (Phi) is 4.16. The molecule has 2 rings (SSSR count). The highest BCUT2D eigenvalue weighted by Crippen LogP contribution is 2.13. The van der Waals surface area contributed by atoms with Crippen LogP contribution < -0.4 is 5.32 Å². The highest BCUT2D eigenvalue weighted by Gasteiger charge is 2.25. The summed E-state index contributed by atoms with van der Waals surface area (Å²) >= 11 is 0. The lowest BCUT2D eigenvalue weighted by molar-refractivity contribution is -0.134. The van der Waals surface area contributed by atoms with Gasteiger partial charge >= 0.3 is 5.97 Å². The van der Waals surface area contributed by atoms with E-state index in [0.717, 1.165) is 6.08 Å². The minimum absolute atomic E-state index is 0.300. The quantitative estimate of drug-likeness (QED) is 0.444. The number of hydrogen-bond acceptors (Lipinski definition) is 4. The second-order valence-corrected chi connectivity index (χ2v) is 3.06. The minimum atomic E-state index is -0.394. The van der Waals surface area contributed by atoms with Crippen LogP contribution in [0.3, 0.4) is 0 Å². The number of amides is 2. The summed E-state index contributed by atoms with van der Waals surface area (Å²) in [5, 5.41) is 2.20. The van der Waals surface area contributed by atoms with Gasteiger partial charge in [-0.3, -0.25) is 14.9 Å². The van der Waals surface area contributed by atoms with Crippen molar-refractivity contribution in [2.75, 3.05) is 7.11 Å². The van der Waals surface area contributed by atoms with Crippen molar-refractivity contribution >= 4 is 17.8 Å². The number of rotatable bonds is 1. The van der Waals surface area contributed by atoms with Crippen LogP contribution in [0.15, 0.2) is 36.9 Å². The van der Waals surface area contributed by atoms with Gasteiger partial charge < -0.3 is 4.74 Å². The first kappa shape index (κ1) is 12.6. The molecule has 88 valence electrons. The van der Waals surface area contributed by atoms with Gasteiger partial charge in [0.25, 0.3) is 11.8 Å². The first-order valence-corrected chi connectivity index (χ1v) is 4.75. The molecule has 2 amide bonds. The summed E-state index contributed by atoms with van der Waals surface area (Å²) in [5.74, 6) is -0.994. The number of fused-ring (bicyclic) bond motifs is 1. The number of hydrogen-bond donors (Lipinski definition) is 1. The lowest BCUT2D eigenvalue weighted by Crippen LogP contribution is -2.19. The molecule has 1 heterocycles. The number of ether oxygens (including phenoxy) is 1. The molecule has 0 unspecified atom stereocenters. The fourth-order valence-corrected chi connectivity index (χ4v) is 1.20. The van der Waals surface area contributed by atoms with Gasteiger partial charge in [0.05, 0.1) is 18.2 Å². The molecule has 5 heteroatoms. The van der Waals surface area contributed by atoms with E-state index < -0.39 is 5.97 Å². The van der Waals surface area contributed by atoms with E-state index in [4.69, 9.17) is 0 Å². The number of imide groups is 1. The monoisotopic (exact) mass is 233 g/mol. The normalized spacial score (nSPS) is 11.8. The SMILES string of the molecule is C=CC(=O)OC.O=C1NC(=O)c2ccccc21. The van der Waals surface area contributed by atoms with E-state index in [9.17, 15) is 14.4 Å². The van der Waals surface area contributed by atoms with Crippen LogP contribution in [0.2, 0.25) is 0 Å². The largest absolute Gasteiger partial charge is 0.466 e. The summed E-state index contributed by atoms with van der Waals surface area (Å²) in [7, 11) is 1.31. The zero-order chi connectivity index (χ0) is 12.8. The molecule has 0 fully saturated rings. The number of carbonyl (C=O) groups is 3. The van der Waals surface area contributed by atoms with E-state index >= 15 is 0 Å². The molecule has 0 bridgehead atoms. The number of methoxy groups -OCH3 is 1. The van der Waals surface area contributed by atoms with Gasteiger partial charge in [0.2, 0.25) is 0 Å². The molecular weight excluding hydrogens is 222 g/mol. The summed E-state index contributed by atoms with van der Waals surface area (Å²) in [5.41, 5.74) is 0.940. The van der Waals surface area contributed by atoms with Crippen LogP contribution in [0.25, 0.3) is 0 Å². The zero-order valence-electron chi connectivity index (χ0n) is 9.23. The van der Waals surface area contributed by atoms with Gasteiger partial charge in [0.1, 0.15) is 0 Å². The molecule has 5 nitrogen and oxygen atoms in total. The highest BCUT2D eigenvalue weighted by atomic mass is 16.5. The maximum atomic E-state index is 10.9. The average Bonchev–Trinajstić information content (AvgIpc) is 2.66. The Morgan fingerprint density at radius 3 is 2.00 bits per heavy atom. The van der Waals surface area contributed by atoms with Gasteiger partial charge in [-0.2, -0.15) is 0 Å². The molecule has 1 aliphatic rings. The van der Waals surface area contributed by atoms with E-state index in [-0.39, 0.29) is 11.8 Å². The molecule has 0 atom stereocenters. The Hall–Kier alpha value is -2.43. The molecule has 0 radical (unpaired) electrons. The number of nitrogens with one attached hydrogen (secondary N) is 1. The molecule has 0 saturated carbocycles. The topological polar surface area (TPSA) is 72.5 Å². The van der Waals surface area contributed by atoms with Crippen LogP contribution in [0.4, 0.5) is 0 Å². The van der Waals surface area contributed by atoms with Crippen molar-refractivity contribution < 1.29 is 19.1 Å². The first-order chi connectivity index (χ1) is 8.10. The van der Waals surface area contributed by atoms with E-state index in [1.54, 1.807) is 24.3 Å². The lowest BCUT2D eigenvalue weighted by Gasteiger charge is -1.88. The van der Waals surface area contributed by atoms with Crippen molar-refractivity contribution in [3.8, 4) is 0 Å². The van der Waals surface area contributed by atoms with Gasteiger partial charge in [0, 0.05) is 6.08 Å². The third-order valence-corrected chi connectivity index (χ3v) is 2.01. The molecule has 1 aromatic carbocycles. The third-order valence-electron chi connectivity index (χ3n) is 2.01. The van der Waals surface area contributed by atoms with Crippen molar-refractivity contribution in [2.24, 2.45) is 0 Å². The zero-order valence-corrected chi connectivity index (χ0v) is 9.23. The second kappa shape index (κ2) is 5.60. The molecule has 0 aliphatic carbocycles. The molecule has 0 spiro atoms. The summed E-state index contributed by atoms with van der Waals surface area (Å²) in [6.45, 7) is 3.16. The number of benzene rings is 1. The van der Waals surface area contributed by atoms with Crippen LogP contribution >= 0.6 is 0 Å². The van der Waals surface area contributed by atoms with E-state index in [1.807, 2.05) is 0 Å². The van der Waals surface area contributed by atoms with Gasteiger partial charge in [-0.25, -0.2) is 4.79 Å². The predicted molar refractivity (Wildman–Crippen MR) is 60.5 cm³/mol. The van der Waals surface area contributed by atoms with E-state index in [2.05, 4.69) is 16.6 Å². The van der Waals surface area contributed by atoms with Gasteiger partial charge in [-0.15, -0.1) is 0 Å². The Balaban J connectivity index is 0.000000209. The van der Waals surface area contributed by atoms with Crippen molar-refractivity contribution in [3.63, 3.8) is 0 Å². The maximum absolute atomic E-state index is 10.9. The van der Waals surface area contributed by atoms with Gasteiger partial charge in [-0.05, 0) is 12.1 Å². The van der Waals surface area contributed by atoms with Crippen LogP contribution in [0.1, 0.15) is 20.7 Å². The van der Waals surface area contributed by atoms with Crippen LogP contribution in [0, 0.1) is 0 Å². The summed E-state index contributed by atoms with van der Waals surface area (Å²) in [4.78, 5) is 31.7. The Morgan fingerprint density at radius 1 is 1.24 bits per heavy atom. The molecular formula is C12H11NO4. The fourth-order valence-electron chi connectivity index (χ4n) is 1.20. The Bertz CT molecular complexity index is 446. The molecule has 0 aromatic heterocycles. The summed E-state index contributed by atoms with van der Waals surface area (Å²) in [6.07, 6.45) is 1.11. The van der Waals surface area contributed by atoms with Crippen molar-refractivity contribution in [1.82, 2.24) is 5.32 Å². The second-order valence-electron chi connectivity index (χ2n) is 3.06. The van der Waals surface area contributed by atoms with Crippen LogP contribution in [-0.4, -0.2) is 24.9 Å². The van der Waals surface area contributed by atoms with Crippen molar-refractivity contribution in [3.05, 3.63) is 48.0 Å². The highest BCUT2D eigenvalue weighted by molar-refractivity contribution is 6.21. The molecule has 17 heavy (non-hydrogen) atoms. The lowest BCUT2D eigenvalue weighted by atomic mass is 10.1. The molecule has 0 saturated heterocycles. The maximum Gasteiger partial charge on any atom is 0.329 e. The summed E-state index contributed by atoms with van der Waals surface area (Å²) in [6, 6.07) is 6.74. The van der Waals surface area contributed by atoms with Crippen LogP contribution in [0.5, 0.6) is 0 Å². The Labute approximate surface area is 98.1 Å². The molecule has 1 aromatic rings. The van der Waals surface area contributed by atoms with E-state index in [1.165, 1.54) is 7.11 Å². The standard InChI is InChI=1S/C8H5NO2.C4H6O2/c10-7-5-3-1-2-4-6(5)8(11)9-7;1-3-4(5)6-2/h1-4H,(H,9,10,11);3H,1H2,2H3. The number of carbonyl (C=O) groups excluding carboxylic acids is 3. The number of esters is 1. The minimum Gasteiger partial charge on any atom is -0.466 e. The predicted octanol–water partition coefficient (Wildman–Crippen LogP) is 0.916. The van der Waals surface area contributed by atoms with E-state index in [0.29, 0.717) is 11.1 Å². The summed E-state index contributed by atoms with van der Waals surface area (Å²) < 4.78 is 4.14. The smallest absolute Gasteiger partial charge is 0.329 e. The molecule has 1 N–H and O–H groups in total.